The molecule has 0 aliphatic heterocycles. The van der Waals surface area contributed by atoms with E-state index in [2.05, 4.69) is 36.4 Å². The molecule has 2 aliphatic rings. The maximum atomic E-state index is 13.4. The number of carbonyl (C=O) groups excluding carboxylic acids is 1. The van der Waals surface area contributed by atoms with Crippen LogP contribution >= 0.6 is 11.3 Å². The second-order valence-corrected chi connectivity index (χ2v) is 9.39. The third-order valence-electron chi connectivity index (χ3n) is 6.52. The van der Waals surface area contributed by atoms with Crippen molar-refractivity contribution in [3.05, 3.63) is 81.4 Å². The average molecular weight is 411 g/mol. The number of nitrogen functional groups attached to an aromatic ring is 1. The van der Waals surface area contributed by atoms with Crippen molar-refractivity contribution >= 4 is 33.0 Å². The van der Waals surface area contributed by atoms with Gasteiger partial charge in [0.1, 0.15) is 9.71 Å². The SMILES string of the molecule is Nc1c(C(=O)c2ccc3c(c2)-c2ccccc2C3)sc2nc3c(cc12)CCCCC3. The third-order valence-corrected chi connectivity index (χ3v) is 7.63. The Morgan fingerprint density at radius 3 is 2.67 bits per heavy atom. The van der Waals surface area contributed by atoms with Crippen molar-refractivity contribution in [1.82, 2.24) is 4.98 Å². The fourth-order valence-corrected chi connectivity index (χ4v) is 5.96. The van der Waals surface area contributed by atoms with Crippen LogP contribution in [0.15, 0.2) is 48.5 Å². The van der Waals surface area contributed by atoms with Crippen LogP contribution < -0.4 is 5.73 Å². The predicted molar refractivity (Wildman–Crippen MR) is 123 cm³/mol. The lowest BCUT2D eigenvalue weighted by Crippen LogP contribution is -2.02. The van der Waals surface area contributed by atoms with Crippen molar-refractivity contribution in [1.29, 1.82) is 0 Å². The summed E-state index contributed by atoms with van der Waals surface area (Å²) in [4.78, 5) is 19.8. The molecule has 2 heterocycles. The van der Waals surface area contributed by atoms with Gasteiger partial charge in [-0.05, 0) is 72.1 Å². The number of nitrogens with two attached hydrogens (primary N) is 1. The molecule has 0 unspecified atom stereocenters. The first kappa shape index (κ1) is 17.8. The zero-order valence-electron chi connectivity index (χ0n) is 16.7. The summed E-state index contributed by atoms with van der Waals surface area (Å²) in [7, 11) is 0. The number of pyridine rings is 1. The number of carbonyl (C=O) groups is 1. The first-order valence-electron chi connectivity index (χ1n) is 10.7. The zero-order valence-corrected chi connectivity index (χ0v) is 17.5. The van der Waals surface area contributed by atoms with E-state index < -0.39 is 0 Å². The monoisotopic (exact) mass is 410 g/mol. The average Bonchev–Trinajstić information content (AvgIpc) is 3.19. The highest BCUT2D eigenvalue weighted by Crippen LogP contribution is 2.39. The van der Waals surface area contributed by atoms with Crippen molar-refractivity contribution in [2.75, 3.05) is 5.73 Å². The van der Waals surface area contributed by atoms with E-state index in [-0.39, 0.29) is 5.78 Å². The number of aromatic nitrogens is 1. The molecule has 2 N–H and O–H groups in total. The second kappa shape index (κ2) is 6.78. The molecule has 0 amide bonds. The fraction of sp³-hybridized carbons (Fsp3) is 0.231. The number of fused-ring (bicyclic) bond motifs is 5. The molecule has 4 aromatic rings. The summed E-state index contributed by atoms with van der Waals surface area (Å²) in [6.45, 7) is 0. The molecule has 0 fully saturated rings. The van der Waals surface area contributed by atoms with Gasteiger partial charge in [-0.3, -0.25) is 4.79 Å². The third kappa shape index (κ3) is 2.71. The van der Waals surface area contributed by atoms with Crippen LogP contribution in [-0.2, 0) is 19.3 Å². The number of hydrogen-bond donors (Lipinski definition) is 1. The van der Waals surface area contributed by atoms with Gasteiger partial charge in [-0.15, -0.1) is 11.3 Å². The van der Waals surface area contributed by atoms with E-state index in [0.717, 1.165) is 29.5 Å². The number of hydrogen-bond acceptors (Lipinski definition) is 4. The number of aryl methyl sites for hydroxylation is 2. The highest BCUT2D eigenvalue weighted by atomic mass is 32.1. The minimum atomic E-state index is -0.00197. The molecule has 0 atom stereocenters. The van der Waals surface area contributed by atoms with Gasteiger partial charge in [0.25, 0.3) is 0 Å². The first-order valence-corrected chi connectivity index (χ1v) is 11.5. The summed E-state index contributed by atoms with van der Waals surface area (Å²) in [5.74, 6) is -0.00197. The molecule has 148 valence electrons. The van der Waals surface area contributed by atoms with Gasteiger partial charge < -0.3 is 5.73 Å². The van der Waals surface area contributed by atoms with Crippen LogP contribution in [0.1, 0.15) is 56.9 Å². The quantitative estimate of drug-likeness (QED) is 0.289. The lowest BCUT2D eigenvalue weighted by molar-refractivity contribution is 0.104. The van der Waals surface area contributed by atoms with Gasteiger partial charge in [-0.25, -0.2) is 4.98 Å². The van der Waals surface area contributed by atoms with Crippen molar-refractivity contribution in [2.45, 2.75) is 38.5 Å². The summed E-state index contributed by atoms with van der Waals surface area (Å²) < 4.78 is 0. The van der Waals surface area contributed by atoms with E-state index in [0.29, 0.717) is 16.1 Å². The van der Waals surface area contributed by atoms with E-state index >= 15 is 0 Å². The Hall–Kier alpha value is -2.98. The summed E-state index contributed by atoms with van der Waals surface area (Å²) in [5, 5.41) is 0.940. The van der Waals surface area contributed by atoms with Crippen LogP contribution in [0.25, 0.3) is 21.3 Å². The molecule has 0 saturated carbocycles. The minimum Gasteiger partial charge on any atom is -0.397 e. The van der Waals surface area contributed by atoms with Crippen LogP contribution in [0.4, 0.5) is 5.69 Å². The minimum absolute atomic E-state index is 0.00197. The Bertz CT molecular complexity index is 1330. The number of nitrogens with zero attached hydrogens (tertiary/aromatic N) is 1. The van der Waals surface area contributed by atoms with Crippen LogP contribution in [0, 0.1) is 0 Å². The van der Waals surface area contributed by atoms with E-state index in [1.54, 1.807) is 0 Å². The lowest BCUT2D eigenvalue weighted by Gasteiger charge is -2.05. The Kier molecular flexibility index (Phi) is 4.03. The first-order chi connectivity index (χ1) is 14.7. The van der Waals surface area contributed by atoms with Crippen LogP contribution in [-0.4, -0.2) is 10.8 Å². The summed E-state index contributed by atoms with van der Waals surface area (Å²) in [6.07, 6.45) is 6.66. The molecule has 0 saturated heterocycles. The molecular formula is C26H22N2OS. The Morgan fingerprint density at radius 2 is 1.73 bits per heavy atom. The lowest BCUT2D eigenvalue weighted by atomic mass is 9.99. The van der Waals surface area contributed by atoms with Gasteiger partial charge in [0.15, 0.2) is 0 Å². The zero-order chi connectivity index (χ0) is 20.2. The van der Waals surface area contributed by atoms with Crippen molar-refractivity contribution in [2.24, 2.45) is 0 Å². The largest absolute Gasteiger partial charge is 0.397 e. The van der Waals surface area contributed by atoms with Crippen molar-refractivity contribution in [3.8, 4) is 11.1 Å². The molecular weight excluding hydrogens is 388 g/mol. The number of ketones is 1. The Balaban J connectivity index is 1.43. The molecule has 2 aromatic carbocycles. The van der Waals surface area contributed by atoms with E-state index in [4.69, 9.17) is 10.7 Å². The highest BCUT2D eigenvalue weighted by molar-refractivity contribution is 7.21. The normalized spacial score (nSPS) is 14.8. The fourth-order valence-electron chi connectivity index (χ4n) is 4.90. The molecule has 6 rings (SSSR count). The van der Waals surface area contributed by atoms with Crippen molar-refractivity contribution < 1.29 is 4.79 Å². The summed E-state index contributed by atoms with van der Waals surface area (Å²) in [6, 6.07) is 16.7. The smallest absolute Gasteiger partial charge is 0.205 e. The maximum Gasteiger partial charge on any atom is 0.205 e. The van der Waals surface area contributed by atoms with Crippen molar-refractivity contribution in [3.63, 3.8) is 0 Å². The molecule has 3 nitrogen and oxygen atoms in total. The van der Waals surface area contributed by atoms with Gasteiger partial charge >= 0.3 is 0 Å². The highest BCUT2D eigenvalue weighted by Gasteiger charge is 2.24. The molecule has 0 spiro atoms. The van der Waals surface area contributed by atoms with Crippen LogP contribution in [0.2, 0.25) is 0 Å². The van der Waals surface area contributed by atoms with E-state index in [1.165, 1.54) is 64.1 Å². The molecule has 0 radical (unpaired) electrons. The molecule has 0 bridgehead atoms. The van der Waals surface area contributed by atoms with Gasteiger partial charge in [-0.1, -0.05) is 42.8 Å². The number of anilines is 1. The summed E-state index contributed by atoms with van der Waals surface area (Å²) >= 11 is 1.44. The molecule has 30 heavy (non-hydrogen) atoms. The topological polar surface area (TPSA) is 56.0 Å². The van der Waals surface area contributed by atoms with Gasteiger partial charge in [-0.2, -0.15) is 0 Å². The van der Waals surface area contributed by atoms with Gasteiger partial charge in [0, 0.05) is 16.6 Å². The predicted octanol–water partition coefficient (Wildman–Crippen LogP) is 5.95. The number of rotatable bonds is 2. The molecule has 2 aliphatic carbocycles. The van der Waals surface area contributed by atoms with E-state index in [1.807, 2.05) is 12.1 Å². The van der Waals surface area contributed by atoms with Gasteiger partial charge in [0.05, 0.1) is 5.69 Å². The maximum absolute atomic E-state index is 13.4. The molecule has 2 aromatic heterocycles. The van der Waals surface area contributed by atoms with Crippen LogP contribution in [0.5, 0.6) is 0 Å². The van der Waals surface area contributed by atoms with E-state index in [9.17, 15) is 4.79 Å². The van der Waals surface area contributed by atoms with Crippen LogP contribution in [0.3, 0.4) is 0 Å². The second-order valence-electron chi connectivity index (χ2n) is 8.39. The molecule has 4 heteroatoms. The standard InChI is InChI=1S/C26H22N2OS/c27-23-21-13-17-7-2-1-3-9-22(17)28-26(21)30-25(23)24(29)18-11-10-16-12-15-6-4-5-8-19(15)20(16)14-18/h4-6,8,10-11,13-14H,1-3,7,9,12,27H2. The number of benzene rings is 2. The Morgan fingerprint density at radius 1 is 0.900 bits per heavy atom. The Labute approximate surface area is 179 Å². The number of thiophene rings is 1. The van der Waals surface area contributed by atoms with Gasteiger partial charge in [0.2, 0.25) is 5.78 Å². The summed E-state index contributed by atoms with van der Waals surface area (Å²) in [5.41, 5.74) is 15.3.